The van der Waals surface area contributed by atoms with E-state index in [1.165, 1.54) is 30.8 Å². The maximum Gasteiger partial charge on any atom is 0.353 e. The summed E-state index contributed by atoms with van der Waals surface area (Å²) in [5.74, 6) is -5.06. The first-order valence-electron chi connectivity index (χ1n) is 12.2. The van der Waals surface area contributed by atoms with Crippen molar-refractivity contribution >= 4 is 29.1 Å². The molecule has 0 spiro atoms. The highest BCUT2D eigenvalue weighted by Crippen LogP contribution is 2.71. The molecule has 7 nitrogen and oxygen atoms in total. The van der Waals surface area contributed by atoms with Gasteiger partial charge in [-0.1, -0.05) is 19.9 Å². The van der Waals surface area contributed by atoms with Gasteiger partial charge in [0.15, 0.2) is 11.5 Å². The number of aliphatic hydroxyl groups is 1. The van der Waals surface area contributed by atoms with E-state index in [-0.39, 0.29) is 29.7 Å². The van der Waals surface area contributed by atoms with Crippen molar-refractivity contribution in [3.05, 3.63) is 40.4 Å². The zero-order chi connectivity index (χ0) is 27.0. The first kappa shape index (κ1) is 26.1. The van der Waals surface area contributed by atoms with Crippen LogP contribution in [0.5, 0.6) is 0 Å². The summed E-state index contributed by atoms with van der Waals surface area (Å²) < 4.78 is 56.9. The molecule has 9 atom stereocenters. The van der Waals surface area contributed by atoms with Gasteiger partial charge in [-0.25, -0.2) is 22.8 Å². The number of esters is 2. The number of nitrogens with zero attached hydrogens (tertiary/aromatic N) is 1. The number of aliphatic hydroxyl groups excluding tert-OH is 1. The molecule has 1 heterocycles. The van der Waals surface area contributed by atoms with Crippen molar-refractivity contribution in [1.29, 1.82) is 0 Å². The molecule has 0 radical (unpaired) electrons. The van der Waals surface area contributed by atoms with Crippen LogP contribution >= 0.6 is 11.3 Å². The van der Waals surface area contributed by atoms with Gasteiger partial charge in [-0.05, 0) is 49.8 Å². The van der Waals surface area contributed by atoms with Crippen molar-refractivity contribution < 1.29 is 42.1 Å². The second kappa shape index (κ2) is 8.49. The Morgan fingerprint density at radius 2 is 2.00 bits per heavy atom. The molecule has 1 aromatic heterocycles. The third-order valence-corrected chi connectivity index (χ3v) is 10.3. The fourth-order valence-electron chi connectivity index (χ4n) is 7.89. The van der Waals surface area contributed by atoms with E-state index in [0.29, 0.717) is 0 Å². The van der Waals surface area contributed by atoms with Gasteiger partial charge >= 0.3 is 11.9 Å². The van der Waals surface area contributed by atoms with Crippen molar-refractivity contribution in [3.63, 3.8) is 0 Å². The summed E-state index contributed by atoms with van der Waals surface area (Å²) >= 11 is 0.986. The number of halogens is 3. The highest BCUT2D eigenvalue weighted by molar-refractivity contribution is 7.11. The third-order valence-electron chi connectivity index (χ3n) is 9.54. The lowest BCUT2D eigenvalue weighted by Gasteiger charge is -2.63. The van der Waals surface area contributed by atoms with Gasteiger partial charge in [0.05, 0.1) is 17.8 Å². The van der Waals surface area contributed by atoms with Crippen LogP contribution in [0.3, 0.4) is 0 Å². The van der Waals surface area contributed by atoms with Gasteiger partial charge in [0.25, 0.3) is 0 Å². The van der Waals surface area contributed by atoms with Crippen molar-refractivity contribution in [1.82, 2.24) is 4.98 Å². The van der Waals surface area contributed by atoms with E-state index in [0.717, 1.165) is 17.4 Å². The van der Waals surface area contributed by atoms with Crippen LogP contribution in [0.25, 0.3) is 0 Å². The maximum absolute atomic E-state index is 17.3. The molecule has 37 heavy (non-hydrogen) atoms. The summed E-state index contributed by atoms with van der Waals surface area (Å²) in [4.78, 5) is 42.5. The minimum Gasteiger partial charge on any atom is -0.442 e. The lowest BCUT2D eigenvalue weighted by molar-refractivity contribution is -0.232. The van der Waals surface area contributed by atoms with E-state index < -0.39 is 76.7 Å². The number of hydrogen-bond donors (Lipinski definition) is 1. The Kier molecular flexibility index (Phi) is 5.99. The van der Waals surface area contributed by atoms with Crippen LogP contribution in [0.1, 0.15) is 49.7 Å². The highest BCUT2D eigenvalue weighted by atomic mass is 32.1. The third kappa shape index (κ3) is 3.22. The van der Waals surface area contributed by atoms with Crippen LogP contribution in [0, 0.1) is 28.6 Å². The van der Waals surface area contributed by atoms with Crippen molar-refractivity contribution in [2.75, 3.05) is 6.86 Å². The van der Waals surface area contributed by atoms with Crippen LogP contribution in [0.4, 0.5) is 13.2 Å². The lowest BCUT2D eigenvalue weighted by atomic mass is 9.44. The summed E-state index contributed by atoms with van der Waals surface area (Å²) in [7, 11) is 0. The standard InChI is InChI=1S/C26H28F3NO6S/c1-13-6-15-16-8-18(28)17-7-14(31)4-5-23(17,2)25(16,29)20(32)9-24(15,3)26(13,22(34)35-11-27)36-21(33)19-10-30-12-37-19/h4-5,7,10,12-13,15-16,18,20,32H,6,8-9,11H2,1-3H3/t13-,15?,16?,18+,20+,23+,24+,25+,26+/m1/s1. The molecule has 0 aliphatic heterocycles. The Balaban J connectivity index is 1.64. The van der Waals surface area contributed by atoms with Crippen LogP contribution in [-0.4, -0.2) is 58.2 Å². The average molecular weight is 540 g/mol. The van der Waals surface area contributed by atoms with E-state index in [9.17, 15) is 23.9 Å². The predicted molar refractivity (Wildman–Crippen MR) is 126 cm³/mol. The van der Waals surface area contributed by atoms with Crippen molar-refractivity contribution in [2.24, 2.45) is 28.6 Å². The molecule has 0 amide bonds. The molecular weight excluding hydrogens is 511 g/mol. The SMILES string of the molecule is C[C@@H]1CC2C3C[C@H](F)C4=CC(=O)C=C[C@]4(C)[C@@]3(F)[C@@H](O)C[C@]2(C)[C@@]1(OC(=O)c1cncs1)C(=O)OCF. The van der Waals surface area contributed by atoms with E-state index in [4.69, 9.17) is 9.47 Å². The Labute approximate surface area is 215 Å². The number of aromatic nitrogens is 1. The molecule has 11 heteroatoms. The molecule has 3 saturated carbocycles. The summed E-state index contributed by atoms with van der Waals surface area (Å²) in [6, 6.07) is 0. The maximum atomic E-state index is 17.3. The highest BCUT2D eigenvalue weighted by Gasteiger charge is 2.78. The van der Waals surface area contributed by atoms with Gasteiger partial charge in [-0.3, -0.25) is 9.78 Å². The number of thiazole rings is 1. The van der Waals surface area contributed by atoms with Crippen molar-refractivity contribution in [3.8, 4) is 0 Å². The smallest absolute Gasteiger partial charge is 0.353 e. The summed E-state index contributed by atoms with van der Waals surface area (Å²) in [5.41, 5.74) is -6.06. The molecule has 1 N–H and O–H groups in total. The summed E-state index contributed by atoms with van der Waals surface area (Å²) in [5, 5.41) is 11.5. The first-order valence-corrected chi connectivity index (χ1v) is 13.1. The number of carbonyl (C=O) groups excluding carboxylic acids is 3. The molecule has 0 saturated heterocycles. The Hall–Kier alpha value is -2.53. The van der Waals surface area contributed by atoms with Gasteiger partial charge in [0, 0.05) is 22.7 Å². The van der Waals surface area contributed by atoms with Gasteiger partial charge in [-0.2, -0.15) is 0 Å². The molecule has 3 fully saturated rings. The number of rotatable bonds is 4. The number of fused-ring (bicyclic) bond motifs is 5. The Morgan fingerprint density at radius 3 is 2.65 bits per heavy atom. The van der Waals surface area contributed by atoms with Gasteiger partial charge < -0.3 is 14.6 Å². The minimum absolute atomic E-state index is 0.0211. The fourth-order valence-corrected chi connectivity index (χ4v) is 8.38. The largest absolute Gasteiger partial charge is 0.442 e. The van der Waals surface area contributed by atoms with Crippen LogP contribution in [0.15, 0.2) is 35.5 Å². The molecule has 4 aliphatic carbocycles. The Morgan fingerprint density at radius 1 is 1.27 bits per heavy atom. The van der Waals surface area contributed by atoms with E-state index >= 15 is 8.78 Å². The molecular formula is C26H28F3NO6S. The predicted octanol–water partition coefficient (Wildman–Crippen LogP) is 4.07. The summed E-state index contributed by atoms with van der Waals surface area (Å²) in [6.45, 7) is 3.21. The lowest BCUT2D eigenvalue weighted by Crippen LogP contribution is -2.71. The van der Waals surface area contributed by atoms with Crippen LogP contribution < -0.4 is 0 Å². The molecule has 5 rings (SSSR count). The first-order chi connectivity index (χ1) is 17.4. The van der Waals surface area contributed by atoms with Crippen LogP contribution in [0.2, 0.25) is 0 Å². The van der Waals surface area contributed by atoms with E-state index in [1.807, 2.05) is 0 Å². The fraction of sp³-hybridized carbons (Fsp3) is 0.615. The second-order valence-electron chi connectivity index (χ2n) is 11.0. The van der Waals surface area contributed by atoms with E-state index in [2.05, 4.69) is 4.98 Å². The van der Waals surface area contributed by atoms with Crippen molar-refractivity contribution in [2.45, 2.75) is 63.6 Å². The van der Waals surface area contributed by atoms with Gasteiger partial charge in [0.2, 0.25) is 12.5 Å². The molecule has 2 unspecified atom stereocenters. The van der Waals surface area contributed by atoms with Gasteiger partial charge in [-0.15, -0.1) is 11.3 Å². The number of hydrogen-bond acceptors (Lipinski definition) is 8. The number of allylic oxidation sites excluding steroid dienone is 4. The van der Waals surface area contributed by atoms with Crippen LogP contribution in [-0.2, 0) is 19.1 Å². The van der Waals surface area contributed by atoms with E-state index in [1.54, 1.807) is 13.8 Å². The zero-order valence-corrected chi connectivity index (χ0v) is 21.4. The molecule has 0 aromatic carbocycles. The zero-order valence-electron chi connectivity index (χ0n) is 20.6. The molecule has 0 bridgehead atoms. The number of ketones is 1. The molecule has 4 aliphatic rings. The van der Waals surface area contributed by atoms with Gasteiger partial charge in [0.1, 0.15) is 11.0 Å². The Bertz CT molecular complexity index is 1200. The number of ether oxygens (including phenoxy) is 2. The normalized spacial score (nSPS) is 44.4. The number of alkyl halides is 3. The second-order valence-corrected chi connectivity index (χ2v) is 11.9. The average Bonchev–Trinajstić information content (AvgIpc) is 3.45. The minimum atomic E-state index is -2.37. The molecule has 200 valence electrons. The summed E-state index contributed by atoms with van der Waals surface area (Å²) in [6.07, 6.45) is 0.950. The molecule has 1 aromatic rings. The topological polar surface area (TPSA) is 103 Å². The quantitative estimate of drug-likeness (QED) is 0.576. The monoisotopic (exact) mass is 539 g/mol. The number of carbonyl (C=O) groups is 3.